The van der Waals surface area contributed by atoms with E-state index < -0.39 is 29.2 Å². The van der Waals surface area contributed by atoms with Crippen molar-refractivity contribution in [3.63, 3.8) is 0 Å². The Hall–Kier alpha value is -4.75. The smallest absolute Gasteiger partial charge is 0.185 e. The molecule has 214 valence electrons. The largest absolute Gasteiger partial charge is 0.493 e. The number of Topliss-reactive ketones (excluding diaryl/α,β-unsaturated/α-hetero) is 3. The lowest BCUT2D eigenvalue weighted by atomic mass is 9.64. The van der Waals surface area contributed by atoms with Crippen LogP contribution in [0.3, 0.4) is 0 Å². The third-order valence-electron chi connectivity index (χ3n) is 8.93. The highest BCUT2D eigenvalue weighted by Gasteiger charge is 2.71. The van der Waals surface area contributed by atoms with E-state index in [2.05, 4.69) is 0 Å². The minimum absolute atomic E-state index is 0.305. The monoisotopic (exact) mass is 593 g/mol. The Morgan fingerprint density at radius 3 is 2.19 bits per heavy atom. The summed E-state index contributed by atoms with van der Waals surface area (Å²) >= 11 is 6.16. The highest BCUT2D eigenvalue weighted by molar-refractivity contribution is 6.32. The second kappa shape index (κ2) is 9.92. The van der Waals surface area contributed by atoms with E-state index in [0.717, 1.165) is 0 Å². The van der Waals surface area contributed by atoms with E-state index in [1.165, 1.54) is 26.4 Å². The molecule has 1 saturated heterocycles. The number of carbonyl (C=O) groups is 3. The van der Waals surface area contributed by atoms with Crippen molar-refractivity contribution < 1.29 is 28.2 Å². The zero-order valence-corrected chi connectivity index (χ0v) is 24.0. The van der Waals surface area contributed by atoms with E-state index in [0.29, 0.717) is 50.0 Å². The maximum Gasteiger partial charge on any atom is 0.185 e. The van der Waals surface area contributed by atoms with Crippen LogP contribution in [0.15, 0.2) is 91.0 Å². The lowest BCUT2D eigenvalue weighted by Crippen LogP contribution is -2.48. The summed E-state index contributed by atoms with van der Waals surface area (Å²) in [5.41, 5.74) is 0.962. The highest BCUT2D eigenvalue weighted by Crippen LogP contribution is 2.61. The van der Waals surface area contributed by atoms with E-state index in [1.807, 2.05) is 4.90 Å². The number of methoxy groups -OCH3 is 2. The molecule has 0 unspecified atom stereocenters. The highest BCUT2D eigenvalue weighted by atomic mass is 35.5. The number of carbonyl (C=O) groups excluding carboxylic acids is 3. The van der Waals surface area contributed by atoms with Crippen LogP contribution in [0, 0.1) is 11.2 Å². The molecule has 7 rings (SSSR count). The van der Waals surface area contributed by atoms with E-state index in [4.69, 9.17) is 21.1 Å². The lowest BCUT2D eigenvalue weighted by Gasteiger charge is -2.37. The number of rotatable bonds is 5. The molecule has 0 N–H and O–H groups in total. The number of anilines is 1. The van der Waals surface area contributed by atoms with E-state index >= 15 is 0 Å². The fraction of sp³-hybridized carbons (Fsp3) is 0.171. The normalized spacial score (nSPS) is 21.0. The van der Waals surface area contributed by atoms with Crippen LogP contribution in [0.1, 0.15) is 48.1 Å². The van der Waals surface area contributed by atoms with Crippen molar-refractivity contribution in [3.8, 4) is 11.5 Å². The van der Waals surface area contributed by atoms with Crippen LogP contribution >= 0.6 is 11.6 Å². The zero-order chi connectivity index (χ0) is 30.0. The number of nitrogens with zero attached hydrogens (tertiary/aromatic N) is 1. The van der Waals surface area contributed by atoms with E-state index in [-0.39, 0.29) is 17.3 Å². The maximum atomic E-state index is 14.7. The van der Waals surface area contributed by atoms with Crippen LogP contribution < -0.4 is 14.4 Å². The first-order valence-electron chi connectivity index (χ1n) is 13.8. The van der Waals surface area contributed by atoms with Crippen LogP contribution in [0.2, 0.25) is 5.02 Å². The van der Waals surface area contributed by atoms with Crippen LogP contribution in [0.5, 0.6) is 11.5 Å². The average molecular weight is 594 g/mol. The fourth-order valence-electron chi connectivity index (χ4n) is 7.15. The van der Waals surface area contributed by atoms with Crippen molar-refractivity contribution in [3.05, 3.63) is 130 Å². The van der Waals surface area contributed by atoms with Gasteiger partial charge in [-0.15, -0.1) is 0 Å². The summed E-state index contributed by atoms with van der Waals surface area (Å²) in [7, 11) is 3.02. The molecule has 1 spiro atoms. The first-order valence-corrected chi connectivity index (χ1v) is 14.2. The van der Waals surface area contributed by atoms with Gasteiger partial charge in [0.05, 0.1) is 20.3 Å². The molecule has 2 aliphatic heterocycles. The van der Waals surface area contributed by atoms with Crippen molar-refractivity contribution in [1.82, 2.24) is 0 Å². The van der Waals surface area contributed by atoms with Gasteiger partial charge in [0.25, 0.3) is 0 Å². The minimum atomic E-state index is -1.70. The van der Waals surface area contributed by atoms with Crippen molar-refractivity contribution in [2.24, 2.45) is 5.41 Å². The standard InChI is InChI=1S/C35H25ClFNO5/c1-42-27-15-9-21(18-28(27)43-2)30-31(32(39)19-7-11-22(36)12-8-19)38-26-14-13-23(37)17-20(26)10-16-29(38)35(30)33(40)24-5-3-4-6-25(24)34(35)41/h3-18,29-31H,1-2H3/t29-,30-,31+/m0/s1. The number of hydrogen-bond donors (Lipinski definition) is 0. The first kappa shape index (κ1) is 27.1. The van der Waals surface area contributed by atoms with Crippen LogP contribution in [0.25, 0.3) is 6.08 Å². The molecule has 8 heteroatoms. The summed E-state index contributed by atoms with van der Waals surface area (Å²) < 4.78 is 25.5. The van der Waals surface area contributed by atoms with Crippen LogP contribution in [-0.2, 0) is 0 Å². The summed E-state index contributed by atoms with van der Waals surface area (Å²) in [6.07, 6.45) is 3.48. The molecule has 3 atom stereocenters. The molecule has 2 heterocycles. The number of halogens is 2. The predicted octanol–water partition coefficient (Wildman–Crippen LogP) is 6.81. The molecular formula is C35H25ClFNO5. The Balaban J connectivity index is 1.55. The Morgan fingerprint density at radius 1 is 0.860 bits per heavy atom. The van der Waals surface area contributed by atoms with Gasteiger partial charge in [-0.05, 0) is 60.2 Å². The maximum absolute atomic E-state index is 14.7. The van der Waals surface area contributed by atoms with Gasteiger partial charge in [0.2, 0.25) is 0 Å². The second-order valence-corrected chi connectivity index (χ2v) is 11.3. The van der Waals surface area contributed by atoms with Gasteiger partial charge in [0.1, 0.15) is 17.3 Å². The Labute approximate surface area is 252 Å². The first-order chi connectivity index (χ1) is 20.8. The van der Waals surface area contributed by atoms with Gasteiger partial charge in [-0.25, -0.2) is 4.39 Å². The summed E-state index contributed by atoms with van der Waals surface area (Å²) in [6.45, 7) is 0. The van der Waals surface area contributed by atoms with Gasteiger partial charge < -0.3 is 14.4 Å². The molecule has 0 amide bonds. The summed E-state index contributed by atoms with van der Waals surface area (Å²) in [6, 6.07) is 20.9. The molecule has 3 aliphatic rings. The van der Waals surface area contributed by atoms with E-state index in [1.54, 1.807) is 84.9 Å². The van der Waals surface area contributed by atoms with Gasteiger partial charge in [0.15, 0.2) is 28.8 Å². The average Bonchev–Trinajstić information content (AvgIpc) is 3.46. The van der Waals surface area contributed by atoms with Crippen molar-refractivity contribution in [2.75, 3.05) is 19.1 Å². The summed E-state index contributed by atoms with van der Waals surface area (Å²) in [4.78, 5) is 46.0. The second-order valence-electron chi connectivity index (χ2n) is 10.9. The quantitative estimate of drug-likeness (QED) is 0.187. The zero-order valence-electron chi connectivity index (χ0n) is 23.2. The molecule has 0 aromatic heterocycles. The Morgan fingerprint density at radius 2 is 1.53 bits per heavy atom. The van der Waals surface area contributed by atoms with Gasteiger partial charge in [-0.1, -0.05) is 54.1 Å². The summed E-state index contributed by atoms with van der Waals surface area (Å²) in [5, 5.41) is 0.465. The summed E-state index contributed by atoms with van der Waals surface area (Å²) in [5.74, 6) is -1.55. The predicted molar refractivity (Wildman–Crippen MR) is 161 cm³/mol. The molecule has 4 aromatic carbocycles. The molecule has 4 aromatic rings. The van der Waals surface area contributed by atoms with Crippen molar-refractivity contribution in [2.45, 2.75) is 18.0 Å². The molecule has 0 saturated carbocycles. The third-order valence-corrected chi connectivity index (χ3v) is 9.18. The third kappa shape index (κ3) is 3.74. The van der Waals surface area contributed by atoms with Crippen molar-refractivity contribution in [1.29, 1.82) is 0 Å². The number of ether oxygens (including phenoxy) is 2. The molecule has 1 aliphatic carbocycles. The Kier molecular flexibility index (Phi) is 6.25. The molecule has 6 nitrogen and oxygen atoms in total. The fourth-order valence-corrected chi connectivity index (χ4v) is 7.28. The number of fused-ring (bicyclic) bond motifs is 5. The van der Waals surface area contributed by atoms with Gasteiger partial charge in [-0.2, -0.15) is 0 Å². The number of benzene rings is 4. The lowest BCUT2D eigenvalue weighted by molar-refractivity contribution is 0.0665. The minimum Gasteiger partial charge on any atom is -0.493 e. The van der Waals surface area contributed by atoms with Crippen molar-refractivity contribution >= 4 is 40.7 Å². The molecule has 0 bridgehead atoms. The Bertz CT molecular complexity index is 1830. The molecule has 43 heavy (non-hydrogen) atoms. The molecular weight excluding hydrogens is 569 g/mol. The van der Waals surface area contributed by atoms with E-state index in [9.17, 15) is 18.8 Å². The van der Waals surface area contributed by atoms with Gasteiger partial charge in [0, 0.05) is 38.9 Å². The van der Waals surface area contributed by atoms with Crippen LogP contribution in [-0.4, -0.2) is 43.7 Å². The van der Waals surface area contributed by atoms with Gasteiger partial charge in [-0.3, -0.25) is 14.4 Å². The number of hydrogen-bond acceptors (Lipinski definition) is 6. The molecule has 0 radical (unpaired) electrons. The van der Waals surface area contributed by atoms with Gasteiger partial charge >= 0.3 is 0 Å². The topological polar surface area (TPSA) is 72.9 Å². The SMILES string of the molecule is COc1ccc([C@H]2[C@H](C(=O)c3ccc(Cl)cc3)N3c4ccc(F)cc4C=C[C@H]3C23C(=O)c2ccccc2C3=O)cc1OC. The number of ketones is 3. The van der Waals surface area contributed by atoms with Crippen LogP contribution in [0.4, 0.5) is 10.1 Å². The molecule has 1 fully saturated rings.